The predicted octanol–water partition coefficient (Wildman–Crippen LogP) is 2.06. The van der Waals surface area contributed by atoms with Gasteiger partial charge in [-0.2, -0.15) is 0 Å². The van der Waals surface area contributed by atoms with Crippen molar-refractivity contribution in [1.82, 2.24) is 15.5 Å². The average molecular weight is 341 g/mol. The molecule has 1 heterocycles. The molecular formula is C20H27N3O2. The number of fused-ring (bicyclic) bond motifs is 2. The summed E-state index contributed by atoms with van der Waals surface area (Å²) in [6.07, 6.45) is 5.33. The molecule has 134 valence electrons. The molecule has 3 amide bonds. The van der Waals surface area contributed by atoms with Crippen molar-refractivity contribution < 1.29 is 9.59 Å². The van der Waals surface area contributed by atoms with Crippen molar-refractivity contribution in [3.05, 3.63) is 35.4 Å². The maximum absolute atomic E-state index is 12.5. The summed E-state index contributed by atoms with van der Waals surface area (Å²) in [5, 5.41) is 5.83. The molecule has 2 N–H and O–H groups in total. The number of rotatable bonds is 3. The third-order valence-electron chi connectivity index (χ3n) is 6.45. The highest BCUT2D eigenvalue weighted by molar-refractivity contribution is 5.80. The van der Waals surface area contributed by atoms with Crippen LogP contribution in [0.15, 0.2) is 24.3 Å². The molecular weight excluding hydrogens is 314 g/mol. The number of carbonyl (C=O) groups excluding carboxylic acids is 2. The van der Waals surface area contributed by atoms with Crippen LogP contribution >= 0.6 is 0 Å². The van der Waals surface area contributed by atoms with E-state index in [0.717, 1.165) is 25.9 Å². The molecule has 4 rings (SSSR count). The van der Waals surface area contributed by atoms with E-state index in [1.807, 2.05) is 0 Å². The fourth-order valence-electron chi connectivity index (χ4n) is 4.90. The number of piperidine rings is 1. The van der Waals surface area contributed by atoms with Crippen LogP contribution in [0.3, 0.4) is 0 Å². The molecule has 0 unspecified atom stereocenters. The lowest BCUT2D eigenvalue weighted by Gasteiger charge is -2.32. The summed E-state index contributed by atoms with van der Waals surface area (Å²) < 4.78 is 0. The molecule has 25 heavy (non-hydrogen) atoms. The van der Waals surface area contributed by atoms with Gasteiger partial charge in [0.1, 0.15) is 0 Å². The summed E-state index contributed by atoms with van der Waals surface area (Å²) in [7, 11) is 1.66. The Morgan fingerprint density at radius 1 is 1.32 bits per heavy atom. The van der Waals surface area contributed by atoms with Crippen LogP contribution < -0.4 is 10.6 Å². The monoisotopic (exact) mass is 341 g/mol. The van der Waals surface area contributed by atoms with Gasteiger partial charge in [-0.25, -0.2) is 4.79 Å². The maximum atomic E-state index is 12.5. The van der Waals surface area contributed by atoms with E-state index in [1.54, 1.807) is 11.9 Å². The number of hydrogen-bond acceptors (Lipinski definition) is 2. The van der Waals surface area contributed by atoms with Crippen molar-refractivity contribution in [3.63, 3.8) is 0 Å². The predicted molar refractivity (Wildman–Crippen MR) is 96.3 cm³/mol. The van der Waals surface area contributed by atoms with Gasteiger partial charge in [-0.1, -0.05) is 24.3 Å². The second-order valence-electron chi connectivity index (χ2n) is 7.80. The molecule has 1 spiro atoms. The summed E-state index contributed by atoms with van der Waals surface area (Å²) in [6, 6.07) is 8.75. The molecule has 0 radical (unpaired) electrons. The smallest absolute Gasteiger partial charge is 0.317 e. The Bertz CT molecular complexity index is 689. The van der Waals surface area contributed by atoms with Gasteiger partial charge in [0.2, 0.25) is 5.91 Å². The first-order valence-corrected chi connectivity index (χ1v) is 9.47. The number of nitrogens with one attached hydrogen (secondary N) is 2. The molecule has 2 aliphatic carbocycles. The fourth-order valence-corrected chi connectivity index (χ4v) is 4.90. The van der Waals surface area contributed by atoms with Crippen molar-refractivity contribution in [3.8, 4) is 0 Å². The summed E-state index contributed by atoms with van der Waals surface area (Å²) in [5.74, 6) is 0.527. The zero-order valence-electron chi connectivity index (χ0n) is 14.9. The third-order valence-corrected chi connectivity index (χ3v) is 6.45. The van der Waals surface area contributed by atoms with Crippen LogP contribution in [0.25, 0.3) is 0 Å². The molecule has 3 atom stereocenters. The van der Waals surface area contributed by atoms with E-state index in [4.69, 9.17) is 0 Å². The first-order chi connectivity index (χ1) is 12.1. The number of likely N-dealkylation sites (tertiary alicyclic amines) is 1. The van der Waals surface area contributed by atoms with E-state index >= 15 is 0 Å². The number of nitrogens with zero attached hydrogens (tertiary/aromatic N) is 1. The molecule has 5 heteroatoms. The number of benzene rings is 1. The maximum Gasteiger partial charge on any atom is 0.317 e. The first kappa shape index (κ1) is 16.4. The fraction of sp³-hybridized carbons (Fsp3) is 0.600. The van der Waals surface area contributed by atoms with E-state index in [9.17, 15) is 9.59 Å². The average Bonchev–Trinajstić information content (AvgIpc) is 3.25. The van der Waals surface area contributed by atoms with E-state index in [-0.39, 0.29) is 17.9 Å². The minimum atomic E-state index is -0.0709. The van der Waals surface area contributed by atoms with Gasteiger partial charge >= 0.3 is 6.03 Å². The highest BCUT2D eigenvalue weighted by Crippen LogP contribution is 2.61. The molecule has 1 aromatic carbocycles. The quantitative estimate of drug-likeness (QED) is 0.884. The van der Waals surface area contributed by atoms with Crippen molar-refractivity contribution in [2.75, 3.05) is 26.7 Å². The molecule has 2 fully saturated rings. The van der Waals surface area contributed by atoms with Crippen molar-refractivity contribution >= 4 is 11.9 Å². The topological polar surface area (TPSA) is 61.4 Å². The Hall–Kier alpha value is -2.04. The second kappa shape index (κ2) is 6.36. The van der Waals surface area contributed by atoms with Crippen LogP contribution in [0, 0.1) is 11.8 Å². The van der Waals surface area contributed by atoms with Gasteiger partial charge in [-0.15, -0.1) is 0 Å². The lowest BCUT2D eigenvalue weighted by molar-refractivity contribution is -0.125. The number of carbonyl (C=O) groups is 2. The van der Waals surface area contributed by atoms with Crippen molar-refractivity contribution in [2.45, 2.75) is 37.5 Å². The molecule has 1 aromatic rings. The Morgan fingerprint density at radius 2 is 2.16 bits per heavy atom. The number of amides is 3. The first-order valence-electron chi connectivity index (χ1n) is 9.47. The number of hydrogen-bond donors (Lipinski definition) is 2. The van der Waals surface area contributed by atoms with Crippen LogP contribution in [0.2, 0.25) is 0 Å². The zero-order chi connectivity index (χ0) is 17.4. The summed E-state index contributed by atoms with van der Waals surface area (Å²) in [6.45, 7) is 2.02. The summed E-state index contributed by atoms with van der Waals surface area (Å²) >= 11 is 0. The van der Waals surface area contributed by atoms with Crippen LogP contribution in [0.1, 0.15) is 36.8 Å². The van der Waals surface area contributed by atoms with E-state index in [0.29, 0.717) is 17.9 Å². The molecule has 0 bridgehead atoms. The Labute approximate surface area is 149 Å². The number of urea groups is 1. The molecule has 1 saturated heterocycles. The zero-order valence-corrected chi connectivity index (χ0v) is 14.9. The van der Waals surface area contributed by atoms with E-state index in [1.165, 1.54) is 30.4 Å². The van der Waals surface area contributed by atoms with Crippen LogP contribution in [0.4, 0.5) is 4.79 Å². The standard InChI is InChI=1S/C20H27N3O2/c1-21-18(24)15-6-4-10-23(13-15)19(25)22-12-16-11-20(16)9-8-14-5-2-3-7-17(14)20/h2-3,5,7,15-16H,4,6,8-13H2,1H3,(H,21,24)(H,22,25)/t15-,16+,20+/m1/s1. The van der Waals surface area contributed by atoms with Gasteiger partial charge in [-0.05, 0) is 49.1 Å². The highest BCUT2D eigenvalue weighted by atomic mass is 16.2. The van der Waals surface area contributed by atoms with Gasteiger partial charge in [0.25, 0.3) is 0 Å². The van der Waals surface area contributed by atoms with Crippen LogP contribution in [-0.2, 0) is 16.6 Å². The van der Waals surface area contributed by atoms with Gasteiger partial charge in [0.15, 0.2) is 0 Å². The van der Waals surface area contributed by atoms with Crippen LogP contribution in [-0.4, -0.2) is 43.5 Å². The third kappa shape index (κ3) is 2.90. The van der Waals surface area contributed by atoms with Gasteiger partial charge in [0.05, 0.1) is 5.92 Å². The highest BCUT2D eigenvalue weighted by Gasteiger charge is 2.57. The molecule has 1 aliphatic heterocycles. The number of aryl methyl sites for hydroxylation is 1. The van der Waals surface area contributed by atoms with E-state index < -0.39 is 0 Å². The molecule has 5 nitrogen and oxygen atoms in total. The van der Waals surface area contributed by atoms with Gasteiger partial charge in [0, 0.05) is 32.1 Å². The second-order valence-corrected chi connectivity index (χ2v) is 7.80. The molecule has 0 aromatic heterocycles. The summed E-state index contributed by atoms with van der Waals surface area (Å²) in [4.78, 5) is 26.2. The Balaban J connectivity index is 1.31. The minimum Gasteiger partial charge on any atom is -0.359 e. The van der Waals surface area contributed by atoms with Crippen molar-refractivity contribution in [2.24, 2.45) is 11.8 Å². The van der Waals surface area contributed by atoms with E-state index in [2.05, 4.69) is 34.9 Å². The van der Waals surface area contributed by atoms with Gasteiger partial charge < -0.3 is 15.5 Å². The minimum absolute atomic E-state index is 0.0121. The molecule has 3 aliphatic rings. The van der Waals surface area contributed by atoms with Gasteiger partial charge in [-0.3, -0.25) is 4.79 Å². The van der Waals surface area contributed by atoms with Crippen LogP contribution in [0.5, 0.6) is 0 Å². The SMILES string of the molecule is CNC(=O)[C@@H]1CCCN(C(=O)NC[C@@H]2C[C@@]23CCc2ccccc23)C1. The normalized spacial score (nSPS) is 30.0. The summed E-state index contributed by atoms with van der Waals surface area (Å²) in [5.41, 5.74) is 3.31. The Kier molecular flexibility index (Phi) is 4.18. The lowest BCUT2D eigenvalue weighted by Crippen LogP contribution is -2.49. The van der Waals surface area contributed by atoms with Crippen molar-refractivity contribution in [1.29, 1.82) is 0 Å². The molecule has 1 saturated carbocycles. The largest absolute Gasteiger partial charge is 0.359 e. The Morgan fingerprint density at radius 3 is 3.00 bits per heavy atom. The lowest BCUT2D eigenvalue weighted by atomic mass is 9.95.